The Morgan fingerprint density at radius 3 is 2.29 bits per heavy atom. The van der Waals surface area contributed by atoms with E-state index < -0.39 is 24.3 Å². The highest BCUT2D eigenvalue weighted by Crippen LogP contribution is 2.29. The van der Waals surface area contributed by atoms with Crippen LogP contribution in [0.5, 0.6) is 0 Å². The zero-order valence-corrected chi connectivity index (χ0v) is 9.27. The lowest BCUT2D eigenvalue weighted by molar-refractivity contribution is -0.170. The number of rotatable bonds is 5. The van der Waals surface area contributed by atoms with Crippen molar-refractivity contribution in [1.29, 1.82) is 0 Å². The van der Waals surface area contributed by atoms with Gasteiger partial charge in [0, 0.05) is 12.6 Å². The van der Waals surface area contributed by atoms with E-state index in [1.54, 1.807) is 0 Å². The lowest BCUT2D eigenvalue weighted by Crippen LogP contribution is -2.53. The van der Waals surface area contributed by atoms with Crippen molar-refractivity contribution in [2.45, 2.75) is 44.1 Å². The van der Waals surface area contributed by atoms with Gasteiger partial charge in [-0.25, -0.2) is 8.78 Å². The van der Waals surface area contributed by atoms with Crippen molar-refractivity contribution >= 4 is 5.91 Å². The largest absolute Gasteiger partial charge is 0.383 e. The third kappa shape index (κ3) is 3.31. The molecule has 0 saturated heterocycles. The van der Waals surface area contributed by atoms with E-state index in [0.717, 1.165) is 25.7 Å². The summed E-state index contributed by atoms with van der Waals surface area (Å²) in [6.07, 6.45) is -0.542. The number of carbonyl (C=O) groups excluding carboxylic acids is 1. The van der Waals surface area contributed by atoms with Gasteiger partial charge in [-0.3, -0.25) is 4.79 Å². The van der Waals surface area contributed by atoms with Gasteiger partial charge in [0.15, 0.2) is 0 Å². The highest BCUT2D eigenvalue weighted by Gasteiger charge is 2.49. The van der Waals surface area contributed by atoms with Gasteiger partial charge < -0.3 is 11.1 Å². The third-order valence-corrected chi connectivity index (χ3v) is 3.12. The van der Waals surface area contributed by atoms with Gasteiger partial charge in [-0.15, -0.1) is 0 Å². The zero-order chi connectivity index (χ0) is 13.1. The average Bonchev–Trinajstić information content (AvgIpc) is 2.78. The van der Waals surface area contributed by atoms with Crippen molar-refractivity contribution in [3.63, 3.8) is 0 Å². The fraction of sp³-hybridized carbons (Fsp3) is 0.900. The van der Waals surface area contributed by atoms with Crippen LogP contribution in [0, 0.1) is 5.92 Å². The van der Waals surface area contributed by atoms with Crippen molar-refractivity contribution < 1.29 is 22.4 Å². The molecule has 0 aromatic heterocycles. The van der Waals surface area contributed by atoms with Gasteiger partial charge >= 0.3 is 12.3 Å². The summed E-state index contributed by atoms with van der Waals surface area (Å²) in [5.41, 5.74) is 5.37. The van der Waals surface area contributed by atoms with E-state index in [2.05, 4.69) is 0 Å². The Bertz CT molecular complexity index is 267. The van der Waals surface area contributed by atoms with Crippen LogP contribution in [0.15, 0.2) is 0 Å². The smallest absolute Gasteiger partial charge is 0.346 e. The van der Waals surface area contributed by atoms with Crippen molar-refractivity contribution in [3.05, 3.63) is 0 Å². The molecule has 1 aliphatic carbocycles. The quantitative estimate of drug-likeness (QED) is 0.733. The first-order chi connectivity index (χ1) is 7.89. The molecule has 0 aromatic carbocycles. The second-order valence-corrected chi connectivity index (χ2v) is 4.28. The maximum absolute atomic E-state index is 12.7. The number of amides is 1. The molecule has 1 saturated carbocycles. The molecular formula is C10H16F4N2O. The molecule has 1 atom stereocenters. The van der Waals surface area contributed by atoms with Crippen LogP contribution >= 0.6 is 0 Å². The van der Waals surface area contributed by atoms with E-state index in [9.17, 15) is 22.4 Å². The monoisotopic (exact) mass is 256 g/mol. The Morgan fingerprint density at radius 1 is 1.35 bits per heavy atom. The minimum Gasteiger partial charge on any atom is -0.346 e. The van der Waals surface area contributed by atoms with Gasteiger partial charge in [0.25, 0.3) is 5.91 Å². The molecule has 0 radical (unpaired) electrons. The first kappa shape index (κ1) is 14.2. The average molecular weight is 256 g/mol. The molecule has 3 N–H and O–H groups in total. The number of carbonyl (C=O) groups is 1. The van der Waals surface area contributed by atoms with Crippen LogP contribution in [0.25, 0.3) is 0 Å². The van der Waals surface area contributed by atoms with E-state index in [1.807, 2.05) is 5.32 Å². The first-order valence-corrected chi connectivity index (χ1v) is 5.56. The summed E-state index contributed by atoms with van der Waals surface area (Å²) in [5.74, 6) is -6.57. The van der Waals surface area contributed by atoms with E-state index >= 15 is 0 Å². The number of nitrogens with two attached hydrogens (primary N) is 1. The Kier molecular flexibility index (Phi) is 4.73. The molecule has 100 valence electrons. The summed E-state index contributed by atoms with van der Waals surface area (Å²) in [5, 5.41) is 1.94. The summed E-state index contributed by atoms with van der Waals surface area (Å²) in [4.78, 5) is 11.0. The standard InChI is InChI=1S/C10H16F4N2O/c11-8(12)10(13,14)9(17)16-7(5-15)6-3-1-2-4-6/h6-8H,1-5,15H2,(H,16,17). The van der Waals surface area contributed by atoms with Crippen LogP contribution in [0.1, 0.15) is 25.7 Å². The van der Waals surface area contributed by atoms with Crippen LogP contribution in [0.2, 0.25) is 0 Å². The molecule has 1 unspecified atom stereocenters. The number of alkyl halides is 4. The SMILES string of the molecule is NCC(NC(=O)C(F)(F)C(F)F)C1CCCC1. The maximum Gasteiger partial charge on any atom is 0.383 e. The Balaban J connectivity index is 2.58. The molecular weight excluding hydrogens is 240 g/mol. The molecule has 17 heavy (non-hydrogen) atoms. The molecule has 0 spiro atoms. The van der Waals surface area contributed by atoms with Crippen molar-refractivity contribution in [1.82, 2.24) is 5.32 Å². The summed E-state index contributed by atoms with van der Waals surface area (Å²) >= 11 is 0. The number of hydrogen-bond acceptors (Lipinski definition) is 2. The normalized spacial score (nSPS) is 19.6. The molecule has 0 bridgehead atoms. The van der Waals surface area contributed by atoms with E-state index in [-0.39, 0.29) is 12.5 Å². The van der Waals surface area contributed by atoms with Crippen molar-refractivity contribution in [3.8, 4) is 0 Å². The summed E-state index contributed by atoms with van der Waals surface area (Å²) in [6, 6.07) is -0.644. The van der Waals surface area contributed by atoms with Crippen molar-refractivity contribution in [2.24, 2.45) is 11.7 Å². The Hall–Kier alpha value is -0.850. The highest BCUT2D eigenvalue weighted by molar-refractivity contribution is 5.84. The Labute approximate surface area is 96.7 Å². The number of halogens is 4. The molecule has 0 aliphatic heterocycles. The fourth-order valence-corrected chi connectivity index (χ4v) is 2.09. The van der Waals surface area contributed by atoms with Crippen LogP contribution < -0.4 is 11.1 Å². The van der Waals surface area contributed by atoms with Gasteiger partial charge in [0.05, 0.1) is 0 Å². The molecule has 1 aliphatic rings. The third-order valence-electron chi connectivity index (χ3n) is 3.12. The number of hydrogen-bond donors (Lipinski definition) is 2. The minimum atomic E-state index is -4.65. The first-order valence-electron chi connectivity index (χ1n) is 5.56. The molecule has 0 heterocycles. The van der Waals surface area contributed by atoms with Crippen LogP contribution in [-0.2, 0) is 4.79 Å². The van der Waals surface area contributed by atoms with Crippen LogP contribution in [-0.4, -0.2) is 30.8 Å². The van der Waals surface area contributed by atoms with Gasteiger partial charge in [0.1, 0.15) is 0 Å². The van der Waals surface area contributed by atoms with Crippen molar-refractivity contribution in [2.75, 3.05) is 6.54 Å². The molecule has 1 rings (SSSR count). The van der Waals surface area contributed by atoms with Gasteiger partial charge in [-0.1, -0.05) is 12.8 Å². The van der Waals surface area contributed by atoms with Gasteiger partial charge in [-0.2, -0.15) is 8.78 Å². The second-order valence-electron chi connectivity index (χ2n) is 4.28. The van der Waals surface area contributed by atoms with E-state index in [4.69, 9.17) is 5.73 Å². The molecule has 1 fully saturated rings. The molecule has 3 nitrogen and oxygen atoms in total. The second kappa shape index (κ2) is 5.66. The van der Waals surface area contributed by atoms with Gasteiger partial charge in [0.2, 0.25) is 0 Å². The predicted molar refractivity (Wildman–Crippen MR) is 53.9 cm³/mol. The topological polar surface area (TPSA) is 55.1 Å². The molecule has 1 amide bonds. The van der Waals surface area contributed by atoms with Crippen LogP contribution in [0.3, 0.4) is 0 Å². The fourth-order valence-electron chi connectivity index (χ4n) is 2.09. The zero-order valence-electron chi connectivity index (χ0n) is 9.27. The molecule has 0 aromatic rings. The predicted octanol–water partition coefficient (Wildman–Crippen LogP) is 1.52. The lowest BCUT2D eigenvalue weighted by Gasteiger charge is -2.25. The molecule has 7 heteroatoms. The summed E-state index contributed by atoms with van der Waals surface area (Å²) in [6.45, 7) is -0.0181. The van der Waals surface area contributed by atoms with E-state index in [1.165, 1.54) is 0 Å². The summed E-state index contributed by atoms with van der Waals surface area (Å²) < 4.78 is 49.3. The maximum atomic E-state index is 12.7. The lowest BCUT2D eigenvalue weighted by atomic mass is 9.98. The van der Waals surface area contributed by atoms with E-state index in [0.29, 0.717) is 0 Å². The Morgan fingerprint density at radius 2 is 1.88 bits per heavy atom. The summed E-state index contributed by atoms with van der Waals surface area (Å²) in [7, 11) is 0. The minimum absolute atomic E-state index is 0.0115. The highest BCUT2D eigenvalue weighted by atomic mass is 19.3. The number of nitrogens with one attached hydrogen (secondary N) is 1. The van der Waals surface area contributed by atoms with Crippen LogP contribution in [0.4, 0.5) is 17.6 Å². The van der Waals surface area contributed by atoms with Gasteiger partial charge in [-0.05, 0) is 18.8 Å².